The molecular formula is C81H145NO4. The molecule has 0 saturated carbocycles. The molecule has 0 heterocycles. The normalized spacial score (nSPS) is 12.8. The fourth-order valence-corrected chi connectivity index (χ4v) is 11.5. The zero-order valence-electron chi connectivity index (χ0n) is 58.4. The number of unbranched alkanes of at least 4 members (excludes halogenated alkanes) is 42. The first kappa shape index (κ1) is 83.0. The van der Waals surface area contributed by atoms with Gasteiger partial charge in [0.05, 0.1) is 6.42 Å². The molecule has 0 aliphatic rings. The topological polar surface area (TPSA) is 55.8 Å². The molecule has 0 radical (unpaired) electrons. The maximum absolute atomic E-state index is 14.4. The van der Waals surface area contributed by atoms with Gasteiger partial charge in [-0.2, -0.15) is 0 Å². The monoisotopic (exact) mass is 1200 g/mol. The molecule has 0 fully saturated rings. The second-order valence-corrected chi connectivity index (χ2v) is 26.1. The Morgan fingerprint density at radius 1 is 0.314 bits per heavy atom. The summed E-state index contributed by atoms with van der Waals surface area (Å²) in [7, 11) is 4.04. The Morgan fingerprint density at radius 2 is 0.570 bits per heavy atom. The minimum absolute atomic E-state index is 0.143. The van der Waals surface area contributed by atoms with Gasteiger partial charge in [0.1, 0.15) is 12.2 Å². The first-order valence-electron chi connectivity index (χ1n) is 38.0. The molecule has 0 amide bonds. The van der Waals surface area contributed by atoms with Crippen LogP contribution in [-0.4, -0.2) is 49.7 Å². The largest absolute Gasteiger partial charge is 0.462 e. The van der Waals surface area contributed by atoms with Crippen LogP contribution in [0, 0.1) is 29.6 Å². The Labute approximate surface area is 537 Å². The second-order valence-electron chi connectivity index (χ2n) is 26.1. The average molecular weight is 1200 g/mol. The Bertz CT molecular complexity index is 1670. The van der Waals surface area contributed by atoms with E-state index in [0.717, 1.165) is 103 Å². The predicted octanol–water partition coefficient (Wildman–Crippen LogP) is 25.5. The highest BCUT2D eigenvalue weighted by molar-refractivity contribution is 5.95. The van der Waals surface area contributed by atoms with Crippen LogP contribution in [0.4, 0.5) is 0 Å². The molecule has 5 heteroatoms. The standard InChI is InChI=1S/C81H145NO4/c1-7-11-15-19-23-27-31-35-39-43-47-51-55-59-63-67-71-77(72-68-64-60-56-52-48-44-40-36-32-28-24-20-16-12-8-2)85-80(83)79(75-76-82(5)6)81(84)86-78(73-69-65-61-57-53-49-45-41-37-33-29-25-21-17-13-9-3)74-70-66-62-58-54-50-46-42-38-34-30-26-22-18-14-10-4/h23,25,27,29,35,37,39,41,77-79H,7-22,24,28,31-34,36,40,43-76H2,1-6H3/b27-23-,29-25-,39-35-,41-37-. The Kier molecular flexibility index (Phi) is 68.6. The molecule has 86 heavy (non-hydrogen) atoms. The third-order valence-corrected chi connectivity index (χ3v) is 17.2. The third-order valence-electron chi connectivity index (χ3n) is 17.2. The lowest BCUT2D eigenvalue weighted by Gasteiger charge is -2.25. The van der Waals surface area contributed by atoms with Crippen molar-refractivity contribution in [2.75, 3.05) is 20.6 Å². The van der Waals surface area contributed by atoms with Gasteiger partial charge in [-0.05, 0) is 155 Å². The molecule has 0 aromatic carbocycles. The third kappa shape index (κ3) is 64.0. The zero-order valence-corrected chi connectivity index (χ0v) is 58.4. The molecule has 3 unspecified atom stereocenters. The summed E-state index contributed by atoms with van der Waals surface area (Å²) in [5.74, 6) is 11.5. The lowest BCUT2D eigenvalue weighted by molar-refractivity contribution is -0.169. The number of ether oxygens (including phenoxy) is 2. The molecule has 5 nitrogen and oxygen atoms in total. The van der Waals surface area contributed by atoms with Crippen LogP contribution in [0.25, 0.3) is 0 Å². The predicted molar refractivity (Wildman–Crippen MR) is 380 cm³/mol. The van der Waals surface area contributed by atoms with Crippen LogP contribution in [0.5, 0.6) is 0 Å². The van der Waals surface area contributed by atoms with Gasteiger partial charge in [0.2, 0.25) is 0 Å². The van der Waals surface area contributed by atoms with Crippen molar-refractivity contribution in [2.24, 2.45) is 5.92 Å². The van der Waals surface area contributed by atoms with Gasteiger partial charge in [-0.3, -0.25) is 9.59 Å². The molecule has 498 valence electrons. The van der Waals surface area contributed by atoms with E-state index in [0.29, 0.717) is 19.4 Å². The fraction of sp³-hybridized carbons (Fsp3) is 0.827. The van der Waals surface area contributed by atoms with Crippen LogP contribution in [0.1, 0.15) is 394 Å². The van der Waals surface area contributed by atoms with E-state index in [1.54, 1.807) is 0 Å². The van der Waals surface area contributed by atoms with Gasteiger partial charge in [-0.1, -0.05) is 300 Å². The van der Waals surface area contributed by atoms with Crippen molar-refractivity contribution in [3.05, 3.63) is 48.6 Å². The van der Waals surface area contributed by atoms with E-state index < -0.39 is 5.92 Å². The van der Waals surface area contributed by atoms with Gasteiger partial charge in [0.15, 0.2) is 5.92 Å². The van der Waals surface area contributed by atoms with Crippen molar-refractivity contribution >= 4 is 11.9 Å². The molecular weight excluding hydrogens is 1050 g/mol. The SMILES string of the molecule is CCCCCC#CCC#CCCCCCCCCC(CCCCCCCC/C=C\C/C=C\CCCCC)OC(=O)C(CCN(C)C)C(=O)OC(CCCCCCCC/C=C\C/C=C\CCCCC)CCCCCCCCCCCCCCCCCC. The summed E-state index contributed by atoms with van der Waals surface area (Å²) in [6.45, 7) is 9.70. The number of carbonyl (C=O) groups is 2. The zero-order chi connectivity index (χ0) is 62.4. The van der Waals surface area contributed by atoms with Crippen LogP contribution in [0.3, 0.4) is 0 Å². The van der Waals surface area contributed by atoms with Crippen LogP contribution in [0.2, 0.25) is 0 Å². The van der Waals surface area contributed by atoms with Gasteiger partial charge in [0.25, 0.3) is 0 Å². The van der Waals surface area contributed by atoms with E-state index in [1.165, 1.54) is 250 Å². The number of hydrogen-bond acceptors (Lipinski definition) is 5. The Hall–Kier alpha value is -3.02. The Balaban J connectivity index is 5.55. The maximum Gasteiger partial charge on any atom is 0.320 e. The van der Waals surface area contributed by atoms with Crippen LogP contribution in [-0.2, 0) is 19.1 Å². The first-order valence-corrected chi connectivity index (χ1v) is 38.0. The molecule has 0 aliphatic carbocycles. The number of esters is 2. The first-order chi connectivity index (χ1) is 42.4. The van der Waals surface area contributed by atoms with Crippen molar-refractivity contribution in [1.82, 2.24) is 4.90 Å². The molecule has 3 atom stereocenters. The second kappa shape index (κ2) is 71.1. The fourth-order valence-electron chi connectivity index (χ4n) is 11.5. The number of carbonyl (C=O) groups excluding carboxylic acids is 2. The quantitative estimate of drug-likeness (QED) is 0.0200. The van der Waals surface area contributed by atoms with E-state index in [4.69, 9.17) is 9.47 Å². The van der Waals surface area contributed by atoms with Crippen LogP contribution >= 0.6 is 0 Å². The maximum atomic E-state index is 14.4. The van der Waals surface area contributed by atoms with Gasteiger partial charge in [-0.25, -0.2) is 0 Å². The summed E-state index contributed by atoms with van der Waals surface area (Å²) < 4.78 is 13.0. The molecule has 0 rings (SSSR count). The summed E-state index contributed by atoms with van der Waals surface area (Å²) in [6, 6.07) is 0. The molecule has 0 spiro atoms. The molecule has 0 bridgehead atoms. The molecule has 0 aromatic heterocycles. The molecule has 0 saturated heterocycles. The summed E-state index contributed by atoms with van der Waals surface area (Å²) in [6.07, 6.45) is 86.3. The molecule has 0 aliphatic heterocycles. The smallest absolute Gasteiger partial charge is 0.320 e. The van der Waals surface area contributed by atoms with Crippen molar-refractivity contribution in [3.63, 3.8) is 0 Å². The minimum atomic E-state index is -0.888. The highest BCUT2D eigenvalue weighted by atomic mass is 16.6. The average Bonchev–Trinajstić information content (AvgIpc) is 3.69. The van der Waals surface area contributed by atoms with Gasteiger partial charge in [0, 0.05) is 12.8 Å². The minimum Gasteiger partial charge on any atom is -0.462 e. The van der Waals surface area contributed by atoms with Crippen molar-refractivity contribution < 1.29 is 19.1 Å². The van der Waals surface area contributed by atoms with E-state index in [-0.39, 0.29) is 24.1 Å². The van der Waals surface area contributed by atoms with Crippen LogP contribution < -0.4 is 0 Å². The summed E-state index contributed by atoms with van der Waals surface area (Å²) >= 11 is 0. The summed E-state index contributed by atoms with van der Waals surface area (Å²) in [5.41, 5.74) is 0. The Morgan fingerprint density at radius 3 is 0.895 bits per heavy atom. The highest BCUT2D eigenvalue weighted by Gasteiger charge is 2.33. The van der Waals surface area contributed by atoms with E-state index >= 15 is 0 Å². The van der Waals surface area contributed by atoms with E-state index in [9.17, 15) is 9.59 Å². The number of allylic oxidation sites excluding steroid dienone is 8. The molecule has 0 aromatic rings. The van der Waals surface area contributed by atoms with Gasteiger partial charge in [-0.15, -0.1) is 11.8 Å². The number of nitrogens with zero attached hydrogens (tertiary/aromatic N) is 1. The summed E-state index contributed by atoms with van der Waals surface area (Å²) in [5, 5.41) is 0. The van der Waals surface area contributed by atoms with E-state index in [1.807, 2.05) is 14.1 Å². The van der Waals surface area contributed by atoms with Crippen LogP contribution in [0.15, 0.2) is 48.6 Å². The highest BCUT2D eigenvalue weighted by Crippen LogP contribution is 2.24. The van der Waals surface area contributed by atoms with Crippen molar-refractivity contribution in [2.45, 2.75) is 406 Å². The number of rotatable bonds is 65. The van der Waals surface area contributed by atoms with Gasteiger partial charge >= 0.3 is 11.9 Å². The van der Waals surface area contributed by atoms with Gasteiger partial charge < -0.3 is 14.4 Å². The summed E-state index contributed by atoms with van der Waals surface area (Å²) in [4.78, 5) is 30.9. The van der Waals surface area contributed by atoms with E-state index in [2.05, 4.69) is 105 Å². The van der Waals surface area contributed by atoms with Crippen molar-refractivity contribution in [3.8, 4) is 23.7 Å². The number of hydrogen-bond donors (Lipinski definition) is 0. The lowest BCUT2D eigenvalue weighted by Crippen LogP contribution is -2.35. The molecule has 0 N–H and O–H groups in total. The van der Waals surface area contributed by atoms with Crippen molar-refractivity contribution in [1.29, 1.82) is 0 Å². The lowest BCUT2D eigenvalue weighted by atomic mass is 10.00.